The molecule has 0 aromatic carbocycles. The summed E-state index contributed by atoms with van der Waals surface area (Å²) in [5, 5.41) is 20.0. The molecule has 6 heteroatoms. The summed E-state index contributed by atoms with van der Waals surface area (Å²) in [6.45, 7) is 7.42. The first-order chi connectivity index (χ1) is 9.36. The summed E-state index contributed by atoms with van der Waals surface area (Å²) >= 11 is 0. The minimum atomic E-state index is -0.821. The lowest BCUT2D eigenvalue weighted by Gasteiger charge is -2.24. The van der Waals surface area contributed by atoms with Gasteiger partial charge in [-0.05, 0) is 18.3 Å². The van der Waals surface area contributed by atoms with Gasteiger partial charge in [-0.3, -0.25) is 4.79 Å². The van der Waals surface area contributed by atoms with Crippen LogP contribution in [-0.4, -0.2) is 41.6 Å². The Morgan fingerprint density at radius 3 is 2.50 bits per heavy atom. The van der Waals surface area contributed by atoms with Crippen molar-refractivity contribution in [3.8, 4) is 6.07 Å². The van der Waals surface area contributed by atoms with Crippen molar-refractivity contribution >= 4 is 12.0 Å². The number of carbonyl (C=O) groups excluding carboxylic acids is 1. The molecule has 6 nitrogen and oxygen atoms in total. The molecule has 0 aliphatic heterocycles. The van der Waals surface area contributed by atoms with Gasteiger partial charge in [0.15, 0.2) is 0 Å². The van der Waals surface area contributed by atoms with Gasteiger partial charge in [-0.15, -0.1) is 0 Å². The molecule has 0 spiro atoms. The largest absolute Gasteiger partial charge is 0.481 e. The summed E-state index contributed by atoms with van der Waals surface area (Å²) in [6, 6.07) is 1.85. The summed E-state index contributed by atoms with van der Waals surface area (Å²) in [6.07, 6.45) is 0.966. The van der Waals surface area contributed by atoms with E-state index in [-0.39, 0.29) is 18.4 Å². The first kappa shape index (κ1) is 18.2. The van der Waals surface area contributed by atoms with Crippen LogP contribution < -0.4 is 5.32 Å². The highest BCUT2D eigenvalue weighted by molar-refractivity contribution is 5.74. The first-order valence-corrected chi connectivity index (χ1v) is 6.98. The van der Waals surface area contributed by atoms with Gasteiger partial charge in [0.05, 0.1) is 12.5 Å². The van der Waals surface area contributed by atoms with Crippen molar-refractivity contribution in [2.24, 2.45) is 11.8 Å². The quantitative estimate of drug-likeness (QED) is 0.677. The molecule has 1 atom stereocenters. The molecule has 0 radical (unpaired) electrons. The van der Waals surface area contributed by atoms with Crippen LogP contribution in [-0.2, 0) is 4.79 Å². The zero-order valence-corrected chi connectivity index (χ0v) is 12.6. The second-order valence-corrected chi connectivity index (χ2v) is 5.47. The van der Waals surface area contributed by atoms with Crippen LogP contribution in [0.2, 0.25) is 0 Å². The molecule has 2 amide bonds. The summed E-state index contributed by atoms with van der Waals surface area (Å²) in [5.74, 6) is -0.366. The van der Waals surface area contributed by atoms with Crippen LogP contribution in [0, 0.1) is 23.2 Å². The number of nitrogens with one attached hydrogen (secondary N) is 1. The van der Waals surface area contributed by atoms with Crippen LogP contribution in [0.4, 0.5) is 4.79 Å². The van der Waals surface area contributed by atoms with Crippen molar-refractivity contribution in [2.75, 3.05) is 19.6 Å². The molecule has 0 heterocycles. The average Bonchev–Trinajstić information content (AvgIpc) is 2.37. The third kappa shape index (κ3) is 9.20. The molecule has 0 aliphatic carbocycles. The SMILES string of the molecule is CC(C)CN(CCC#N)C(=O)NCC(C)CCC(=O)O. The Morgan fingerprint density at radius 2 is 2.00 bits per heavy atom. The van der Waals surface area contributed by atoms with Crippen LogP contribution in [0.15, 0.2) is 0 Å². The highest BCUT2D eigenvalue weighted by Crippen LogP contribution is 2.05. The minimum Gasteiger partial charge on any atom is -0.481 e. The van der Waals surface area contributed by atoms with E-state index in [9.17, 15) is 9.59 Å². The van der Waals surface area contributed by atoms with Gasteiger partial charge in [-0.1, -0.05) is 20.8 Å². The number of nitrogens with zero attached hydrogens (tertiary/aromatic N) is 2. The molecule has 114 valence electrons. The summed E-state index contributed by atoms with van der Waals surface area (Å²) in [5.41, 5.74) is 0. The lowest BCUT2D eigenvalue weighted by atomic mass is 10.1. The molecular formula is C14H25N3O3. The second-order valence-electron chi connectivity index (χ2n) is 5.47. The predicted molar refractivity (Wildman–Crippen MR) is 76.1 cm³/mol. The highest BCUT2D eigenvalue weighted by atomic mass is 16.4. The van der Waals surface area contributed by atoms with E-state index in [2.05, 4.69) is 5.32 Å². The summed E-state index contributed by atoms with van der Waals surface area (Å²) < 4.78 is 0. The van der Waals surface area contributed by atoms with Crippen molar-refractivity contribution < 1.29 is 14.7 Å². The van der Waals surface area contributed by atoms with E-state index in [1.54, 1.807) is 4.90 Å². The van der Waals surface area contributed by atoms with Crippen LogP contribution in [0.5, 0.6) is 0 Å². The lowest BCUT2D eigenvalue weighted by Crippen LogP contribution is -2.43. The zero-order valence-electron chi connectivity index (χ0n) is 12.6. The van der Waals surface area contributed by atoms with Gasteiger partial charge in [-0.2, -0.15) is 5.26 Å². The fraction of sp³-hybridized carbons (Fsp3) is 0.786. The van der Waals surface area contributed by atoms with Gasteiger partial charge < -0.3 is 15.3 Å². The second kappa shape index (κ2) is 10.1. The number of carboxylic acids is 1. The Balaban J connectivity index is 4.17. The maximum atomic E-state index is 12.0. The molecule has 0 aromatic rings. The maximum Gasteiger partial charge on any atom is 0.317 e. The molecule has 0 saturated carbocycles. The Hall–Kier alpha value is -1.77. The molecule has 2 N–H and O–H groups in total. The number of urea groups is 1. The van der Waals surface area contributed by atoms with Gasteiger partial charge >= 0.3 is 12.0 Å². The van der Waals surface area contributed by atoms with Crippen LogP contribution in [0.3, 0.4) is 0 Å². The number of rotatable bonds is 9. The molecule has 0 aliphatic rings. The monoisotopic (exact) mass is 283 g/mol. The summed E-state index contributed by atoms with van der Waals surface area (Å²) in [7, 11) is 0. The molecular weight excluding hydrogens is 258 g/mol. The lowest BCUT2D eigenvalue weighted by molar-refractivity contribution is -0.137. The van der Waals surface area contributed by atoms with Crippen LogP contribution >= 0.6 is 0 Å². The van der Waals surface area contributed by atoms with Gasteiger partial charge in [0.2, 0.25) is 0 Å². The Bertz CT molecular complexity index is 350. The van der Waals surface area contributed by atoms with E-state index in [1.807, 2.05) is 26.8 Å². The van der Waals surface area contributed by atoms with E-state index in [4.69, 9.17) is 10.4 Å². The number of carbonyl (C=O) groups is 2. The average molecular weight is 283 g/mol. The number of amides is 2. The third-order valence-corrected chi connectivity index (χ3v) is 2.82. The molecule has 0 saturated heterocycles. The molecule has 20 heavy (non-hydrogen) atoms. The smallest absolute Gasteiger partial charge is 0.317 e. The van der Waals surface area contributed by atoms with Gasteiger partial charge in [0, 0.05) is 26.1 Å². The minimum absolute atomic E-state index is 0.112. The number of carboxylic acid groups (broad SMARTS) is 1. The van der Waals surface area contributed by atoms with Crippen LogP contribution in [0.1, 0.15) is 40.0 Å². The van der Waals surface area contributed by atoms with E-state index < -0.39 is 5.97 Å². The zero-order chi connectivity index (χ0) is 15.5. The molecule has 0 fully saturated rings. The van der Waals surface area contributed by atoms with E-state index in [0.29, 0.717) is 38.4 Å². The predicted octanol–water partition coefficient (Wildman–Crippen LogP) is 2.07. The van der Waals surface area contributed by atoms with Crippen molar-refractivity contribution in [1.29, 1.82) is 5.26 Å². The van der Waals surface area contributed by atoms with Crippen molar-refractivity contribution in [1.82, 2.24) is 10.2 Å². The number of hydrogen-bond acceptors (Lipinski definition) is 3. The van der Waals surface area contributed by atoms with Crippen molar-refractivity contribution in [3.05, 3.63) is 0 Å². The molecule has 0 aromatic heterocycles. The normalized spacial score (nSPS) is 11.8. The fourth-order valence-corrected chi connectivity index (χ4v) is 1.75. The maximum absolute atomic E-state index is 12.0. The number of nitriles is 1. The van der Waals surface area contributed by atoms with Crippen molar-refractivity contribution in [3.63, 3.8) is 0 Å². The van der Waals surface area contributed by atoms with Gasteiger partial charge in [0.1, 0.15) is 0 Å². The highest BCUT2D eigenvalue weighted by Gasteiger charge is 2.15. The molecule has 0 rings (SSSR count). The van der Waals surface area contributed by atoms with E-state index in [1.165, 1.54) is 0 Å². The van der Waals surface area contributed by atoms with E-state index in [0.717, 1.165) is 0 Å². The third-order valence-electron chi connectivity index (χ3n) is 2.82. The Morgan fingerprint density at radius 1 is 1.35 bits per heavy atom. The van der Waals surface area contributed by atoms with Crippen molar-refractivity contribution in [2.45, 2.75) is 40.0 Å². The standard InChI is InChI=1S/C14H25N3O3/c1-11(2)10-17(8-4-7-15)14(20)16-9-12(3)5-6-13(18)19/h11-12H,4-6,8-10H2,1-3H3,(H,16,20)(H,18,19). The van der Waals surface area contributed by atoms with Gasteiger partial charge in [-0.25, -0.2) is 4.79 Å². The summed E-state index contributed by atoms with van der Waals surface area (Å²) in [4.78, 5) is 24.1. The number of hydrogen-bond donors (Lipinski definition) is 2. The molecule has 0 bridgehead atoms. The number of aliphatic carboxylic acids is 1. The fourth-order valence-electron chi connectivity index (χ4n) is 1.75. The Labute approximate surface area is 120 Å². The first-order valence-electron chi connectivity index (χ1n) is 6.98. The van der Waals surface area contributed by atoms with E-state index >= 15 is 0 Å². The van der Waals surface area contributed by atoms with Gasteiger partial charge in [0.25, 0.3) is 0 Å². The Kier molecular flexibility index (Phi) is 9.18. The topological polar surface area (TPSA) is 93.4 Å². The van der Waals surface area contributed by atoms with Crippen LogP contribution in [0.25, 0.3) is 0 Å². The molecule has 1 unspecified atom stereocenters.